The maximum atomic E-state index is 5.69. The van der Waals surface area contributed by atoms with Crippen LogP contribution in [0.25, 0.3) is 0 Å². The van der Waals surface area contributed by atoms with Crippen LogP contribution in [0.4, 0.5) is 0 Å². The zero-order chi connectivity index (χ0) is 13.9. The van der Waals surface area contributed by atoms with Crippen molar-refractivity contribution in [3.8, 4) is 0 Å². The van der Waals surface area contributed by atoms with E-state index in [2.05, 4.69) is 32.1 Å². The van der Waals surface area contributed by atoms with E-state index in [0.29, 0.717) is 24.0 Å². The minimum atomic E-state index is -0.275. The van der Waals surface area contributed by atoms with Crippen molar-refractivity contribution in [1.82, 2.24) is 10.1 Å². The second-order valence-corrected chi connectivity index (χ2v) is 6.69. The highest BCUT2D eigenvalue weighted by molar-refractivity contribution is 9.10. The van der Waals surface area contributed by atoms with Crippen molar-refractivity contribution in [1.29, 1.82) is 0 Å². The van der Waals surface area contributed by atoms with Crippen molar-refractivity contribution < 1.29 is 4.52 Å². The van der Waals surface area contributed by atoms with Gasteiger partial charge < -0.3 is 10.3 Å². The molecule has 0 fully saturated rings. The molecular formula is C13H16BrN3OS. The van der Waals surface area contributed by atoms with Gasteiger partial charge in [-0.15, -0.1) is 11.8 Å². The van der Waals surface area contributed by atoms with Crippen LogP contribution in [0, 0.1) is 0 Å². The minimum absolute atomic E-state index is 0.275. The number of hydrogen-bond donors (Lipinski definition) is 1. The lowest BCUT2D eigenvalue weighted by atomic mass is 9.94. The summed E-state index contributed by atoms with van der Waals surface area (Å²) in [7, 11) is 0. The van der Waals surface area contributed by atoms with Gasteiger partial charge in [0.25, 0.3) is 0 Å². The molecule has 0 spiro atoms. The summed E-state index contributed by atoms with van der Waals surface area (Å²) in [5.41, 5.74) is 5.42. The van der Waals surface area contributed by atoms with Gasteiger partial charge in [0.15, 0.2) is 5.82 Å². The van der Waals surface area contributed by atoms with Gasteiger partial charge in [-0.1, -0.05) is 17.3 Å². The third-order valence-corrected chi connectivity index (χ3v) is 4.77. The van der Waals surface area contributed by atoms with E-state index in [1.54, 1.807) is 11.8 Å². The van der Waals surface area contributed by atoms with Gasteiger partial charge in [-0.25, -0.2) is 0 Å². The molecular weight excluding hydrogens is 326 g/mol. The van der Waals surface area contributed by atoms with Crippen molar-refractivity contribution in [2.24, 2.45) is 5.73 Å². The molecule has 0 aliphatic carbocycles. The van der Waals surface area contributed by atoms with Crippen molar-refractivity contribution in [2.75, 3.05) is 6.54 Å². The molecule has 0 aliphatic heterocycles. The van der Waals surface area contributed by atoms with E-state index in [0.717, 1.165) is 9.37 Å². The molecule has 102 valence electrons. The van der Waals surface area contributed by atoms with Gasteiger partial charge in [0.2, 0.25) is 5.89 Å². The summed E-state index contributed by atoms with van der Waals surface area (Å²) in [5.74, 6) is 1.96. The highest BCUT2D eigenvalue weighted by Gasteiger charge is 2.25. The summed E-state index contributed by atoms with van der Waals surface area (Å²) in [6.07, 6.45) is 0. The van der Waals surface area contributed by atoms with Crippen molar-refractivity contribution >= 4 is 27.7 Å². The Balaban J connectivity index is 2.03. The van der Waals surface area contributed by atoms with E-state index in [-0.39, 0.29) is 5.41 Å². The summed E-state index contributed by atoms with van der Waals surface area (Å²) in [5, 5.41) is 4.00. The van der Waals surface area contributed by atoms with Crippen molar-refractivity contribution in [3.63, 3.8) is 0 Å². The molecule has 0 radical (unpaired) electrons. The van der Waals surface area contributed by atoms with E-state index < -0.39 is 0 Å². The Morgan fingerprint density at radius 1 is 1.37 bits per heavy atom. The number of benzene rings is 1. The number of thioether (sulfide) groups is 1. The van der Waals surface area contributed by atoms with Crippen LogP contribution in [-0.4, -0.2) is 16.7 Å². The molecule has 2 rings (SSSR count). The van der Waals surface area contributed by atoms with E-state index >= 15 is 0 Å². The molecule has 0 aliphatic rings. The van der Waals surface area contributed by atoms with E-state index in [4.69, 9.17) is 10.3 Å². The molecule has 2 N–H and O–H groups in total. The van der Waals surface area contributed by atoms with Crippen LogP contribution in [0.5, 0.6) is 0 Å². The zero-order valence-corrected chi connectivity index (χ0v) is 13.3. The summed E-state index contributed by atoms with van der Waals surface area (Å²) in [6, 6.07) is 8.07. The molecule has 0 bridgehead atoms. The van der Waals surface area contributed by atoms with Gasteiger partial charge in [-0.05, 0) is 41.9 Å². The van der Waals surface area contributed by atoms with Crippen molar-refractivity contribution in [3.05, 3.63) is 40.5 Å². The molecule has 1 aromatic carbocycles. The average Bonchev–Trinajstić information content (AvgIpc) is 2.87. The molecule has 0 saturated heterocycles. The van der Waals surface area contributed by atoms with E-state index in [1.165, 1.54) is 0 Å². The molecule has 2 aromatic rings. The monoisotopic (exact) mass is 341 g/mol. The predicted octanol–water partition coefficient (Wildman–Crippen LogP) is 3.36. The molecule has 4 nitrogen and oxygen atoms in total. The lowest BCUT2D eigenvalue weighted by molar-refractivity contribution is 0.309. The first kappa shape index (κ1) is 14.6. The molecule has 19 heavy (non-hydrogen) atoms. The normalized spacial score (nSPS) is 11.8. The lowest BCUT2D eigenvalue weighted by Gasteiger charge is -2.15. The molecule has 1 heterocycles. The Morgan fingerprint density at radius 3 is 2.79 bits per heavy atom. The number of rotatable bonds is 5. The molecule has 0 amide bonds. The molecule has 0 atom stereocenters. The Labute approximate surface area is 125 Å². The fraction of sp³-hybridized carbons (Fsp3) is 0.385. The summed E-state index contributed by atoms with van der Waals surface area (Å²) in [6.45, 7) is 4.46. The SMILES string of the molecule is CC(C)(CN)c1nc(CSc2ccccc2Br)no1. The van der Waals surface area contributed by atoms with Crippen LogP contribution in [0.2, 0.25) is 0 Å². The Kier molecular flexibility index (Phi) is 4.65. The highest BCUT2D eigenvalue weighted by atomic mass is 79.9. The molecule has 1 aromatic heterocycles. The maximum absolute atomic E-state index is 5.69. The van der Waals surface area contributed by atoms with Gasteiger partial charge in [-0.3, -0.25) is 0 Å². The Morgan fingerprint density at radius 2 is 2.11 bits per heavy atom. The van der Waals surface area contributed by atoms with Crippen LogP contribution in [0.3, 0.4) is 0 Å². The largest absolute Gasteiger partial charge is 0.339 e. The molecule has 0 unspecified atom stereocenters. The van der Waals surface area contributed by atoms with E-state index in [1.807, 2.05) is 32.0 Å². The van der Waals surface area contributed by atoms with Crippen LogP contribution in [0.15, 0.2) is 38.2 Å². The molecule has 0 saturated carbocycles. The third-order valence-electron chi connectivity index (χ3n) is 2.75. The number of halogens is 1. The predicted molar refractivity (Wildman–Crippen MR) is 80.1 cm³/mol. The standard InChI is InChI=1S/C13H16BrN3OS/c1-13(2,8-15)12-16-11(17-18-12)7-19-10-6-4-3-5-9(10)14/h3-6H,7-8,15H2,1-2H3. The van der Waals surface area contributed by atoms with Gasteiger partial charge in [0.05, 0.1) is 11.2 Å². The third kappa shape index (κ3) is 3.58. The first-order valence-corrected chi connectivity index (χ1v) is 7.71. The smallest absolute Gasteiger partial charge is 0.233 e. The summed E-state index contributed by atoms with van der Waals surface area (Å²) in [4.78, 5) is 5.56. The fourth-order valence-corrected chi connectivity index (χ4v) is 2.79. The zero-order valence-electron chi connectivity index (χ0n) is 10.9. The fourth-order valence-electron chi connectivity index (χ4n) is 1.38. The summed E-state index contributed by atoms with van der Waals surface area (Å²) < 4.78 is 6.35. The number of nitrogens with two attached hydrogens (primary N) is 1. The van der Waals surface area contributed by atoms with Crippen LogP contribution < -0.4 is 5.73 Å². The lowest BCUT2D eigenvalue weighted by Crippen LogP contribution is -2.28. The first-order valence-electron chi connectivity index (χ1n) is 5.93. The molecule has 6 heteroatoms. The average molecular weight is 342 g/mol. The quantitative estimate of drug-likeness (QED) is 0.844. The Hall–Kier alpha value is -0.850. The topological polar surface area (TPSA) is 64.9 Å². The summed E-state index contributed by atoms with van der Waals surface area (Å²) >= 11 is 5.18. The van der Waals surface area contributed by atoms with Gasteiger partial charge in [-0.2, -0.15) is 4.98 Å². The van der Waals surface area contributed by atoms with Gasteiger partial charge in [0, 0.05) is 15.9 Å². The first-order chi connectivity index (χ1) is 9.03. The second kappa shape index (κ2) is 6.07. The minimum Gasteiger partial charge on any atom is -0.339 e. The Bertz CT molecular complexity index is 556. The number of nitrogens with zero attached hydrogens (tertiary/aromatic N) is 2. The highest BCUT2D eigenvalue weighted by Crippen LogP contribution is 2.29. The maximum Gasteiger partial charge on any atom is 0.233 e. The van der Waals surface area contributed by atoms with Crippen LogP contribution >= 0.6 is 27.7 Å². The van der Waals surface area contributed by atoms with Crippen molar-refractivity contribution in [2.45, 2.75) is 29.9 Å². The van der Waals surface area contributed by atoms with Gasteiger partial charge in [0.1, 0.15) is 0 Å². The number of hydrogen-bond acceptors (Lipinski definition) is 5. The second-order valence-electron chi connectivity index (χ2n) is 4.82. The van der Waals surface area contributed by atoms with E-state index in [9.17, 15) is 0 Å². The van der Waals surface area contributed by atoms with Crippen LogP contribution in [0.1, 0.15) is 25.6 Å². The number of aromatic nitrogens is 2. The van der Waals surface area contributed by atoms with Gasteiger partial charge >= 0.3 is 0 Å². The van der Waals surface area contributed by atoms with Crippen LogP contribution in [-0.2, 0) is 11.2 Å².